The number of nitrogens with one attached hydrogen (secondary N) is 1. The fraction of sp³-hybridized carbons (Fsp3) is 0.500. The molecule has 1 amide bonds. The molecule has 1 aromatic rings. The summed E-state index contributed by atoms with van der Waals surface area (Å²) < 4.78 is 0. The van der Waals surface area contributed by atoms with Crippen molar-refractivity contribution in [3.63, 3.8) is 0 Å². The maximum Gasteiger partial charge on any atom is 0.330 e. The Morgan fingerprint density at radius 1 is 1.15 bits per heavy atom. The van der Waals surface area contributed by atoms with Crippen molar-refractivity contribution in [2.75, 3.05) is 0 Å². The van der Waals surface area contributed by atoms with Crippen molar-refractivity contribution < 1.29 is 14.7 Å². The second-order valence-corrected chi connectivity index (χ2v) is 5.97. The first-order valence-corrected chi connectivity index (χ1v) is 7.23. The Bertz CT molecular complexity index is 514. The molecule has 2 fully saturated rings. The van der Waals surface area contributed by atoms with E-state index in [2.05, 4.69) is 5.32 Å². The first kappa shape index (κ1) is 13.2. The summed E-state index contributed by atoms with van der Waals surface area (Å²) in [4.78, 5) is 23.7. The van der Waals surface area contributed by atoms with E-state index < -0.39 is 12.0 Å². The first-order valence-electron chi connectivity index (χ1n) is 7.23. The molecule has 20 heavy (non-hydrogen) atoms. The second kappa shape index (κ2) is 5.27. The van der Waals surface area contributed by atoms with Crippen LogP contribution >= 0.6 is 0 Å². The number of benzene rings is 1. The van der Waals surface area contributed by atoms with Gasteiger partial charge in [-0.15, -0.1) is 0 Å². The maximum absolute atomic E-state index is 12.3. The van der Waals surface area contributed by atoms with Crippen LogP contribution in [0.1, 0.15) is 37.3 Å². The van der Waals surface area contributed by atoms with Crippen LogP contribution in [-0.4, -0.2) is 17.0 Å². The van der Waals surface area contributed by atoms with Crippen molar-refractivity contribution in [3.8, 4) is 0 Å². The first-order chi connectivity index (χ1) is 9.65. The van der Waals surface area contributed by atoms with E-state index in [0.717, 1.165) is 19.3 Å². The Morgan fingerprint density at radius 2 is 1.90 bits per heavy atom. The summed E-state index contributed by atoms with van der Waals surface area (Å²) >= 11 is 0. The van der Waals surface area contributed by atoms with Gasteiger partial charge in [0.1, 0.15) is 0 Å². The van der Waals surface area contributed by atoms with Crippen LogP contribution in [0.15, 0.2) is 30.3 Å². The molecule has 0 spiro atoms. The quantitative estimate of drug-likeness (QED) is 0.885. The van der Waals surface area contributed by atoms with Gasteiger partial charge >= 0.3 is 5.97 Å². The van der Waals surface area contributed by atoms with Crippen LogP contribution in [0.4, 0.5) is 0 Å². The third kappa shape index (κ3) is 2.42. The lowest BCUT2D eigenvalue weighted by molar-refractivity contribution is -0.143. The molecule has 2 saturated carbocycles. The Morgan fingerprint density at radius 3 is 2.45 bits per heavy atom. The molecule has 0 heterocycles. The third-order valence-electron chi connectivity index (χ3n) is 4.74. The van der Waals surface area contributed by atoms with Gasteiger partial charge in [-0.25, -0.2) is 4.79 Å². The molecule has 4 nitrogen and oxygen atoms in total. The number of hydrogen-bond acceptors (Lipinski definition) is 2. The van der Waals surface area contributed by atoms with E-state index in [1.807, 2.05) is 6.07 Å². The zero-order valence-corrected chi connectivity index (χ0v) is 11.3. The SMILES string of the molecule is O=C(O)C(NC(=O)C1CC2CCC1C2)c1ccccc1. The smallest absolute Gasteiger partial charge is 0.330 e. The minimum Gasteiger partial charge on any atom is -0.479 e. The standard InChI is InChI=1S/C16H19NO3/c18-15(13-9-10-6-7-12(13)8-10)17-14(16(19)20)11-4-2-1-3-5-11/h1-5,10,12-14H,6-9H2,(H,17,18)(H,19,20). The molecule has 2 aliphatic rings. The van der Waals surface area contributed by atoms with Crippen molar-refractivity contribution in [1.82, 2.24) is 5.32 Å². The van der Waals surface area contributed by atoms with Crippen molar-refractivity contribution in [2.24, 2.45) is 17.8 Å². The number of aliphatic carboxylic acids is 1. The minimum atomic E-state index is -1.01. The van der Waals surface area contributed by atoms with Crippen LogP contribution in [0.2, 0.25) is 0 Å². The summed E-state index contributed by atoms with van der Waals surface area (Å²) in [6.45, 7) is 0. The largest absolute Gasteiger partial charge is 0.479 e. The van der Waals surface area contributed by atoms with Gasteiger partial charge in [-0.1, -0.05) is 36.8 Å². The average molecular weight is 273 g/mol. The van der Waals surface area contributed by atoms with E-state index in [1.165, 1.54) is 6.42 Å². The topological polar surface area (TPSA) is 66.4 Å². The number of rotatable bonds is 4. The summed E-state index contributed by atoms with van der Waals surface area (Å²) in [7, 11) is 0. The highest BCUT2D eigenvalue weighted by molar-refractivity contribution is 5.86. The van der Waals surface area contributed by atoms with Gasteiger partial charge in [0.05, 0.1) is 0 Å². The van der Waals surface area contributed by atoms with Crippen LogP contribution in [0, 0.1) is 17.8 Å². The molecule has 106 valence electrons. The van der Waals surface area contributed by atoms with Gasteiger partial charge in [-0.05, 0) is 36.7 Å². The summed E-state index contributed by atoms with van der Waals surface area (Å²) in [6, 6.07) is 7.94. The van der Waals surface area contributed by atoms with E-state index in [9.17, 15) is 14.7 Å². The number of carbonyl (C=O) groups excluding carboxylic acids is 1. The zero-order valence-electron chi connectivity index (χ0n) is 11.3. The normalized spacial score (nSPS) is 29.1. The fourth-order valence-corrected chi connectivity index (χ4v) is 3.75. The van der Waals surface area contributed by atoms with Crippen molar-refractivity contribution in [3.05, 3.63) is 35.9 Å². The molecule has 4 heteroatoms. The molecule has 0 saturated heterocycles. The minimum absolute atomic E-state index is 0.0133. The molecule has 2 bridgehead atoms. The lowest BCUT2D eigenvalue weighted by Gasteiger charge is -2.23. The van der Waals surface area contributed by atoms with Crippen LogP contribution in [0.5, 0.6) is 0 Å². The lowest BCUT2D eigenvalue weighted by atomic mass is 9.88. The number of carboxylic acids is 1. The second-order valence-electron chi connectivity index (χ2n) is 5.97. The summed E-state index contributed by atoms with van der Waals surface area (Å²) in [5.41, 5.74) is 0.622. The van der Waals surface area contributed by atoms with Crippen LogP contribution in [-0.2, 0) is 9.59 Å². The Labute approximate surface area is 118 Å². The lowest BCUT2D eigenvalue weighted by Crippen LogP contribution is -2.39. The Kier molecular flexibility index (Phi) is 3.47. The summed E-state index contributed by atoms with van der Waals surface area (Å²) in [6.07, 6.45) is 4.42. The molecule has 3 rings (SSSR count). The third-order valence-corrected chi connectivity index (χ3v) is 4.74. The highest BCUT2D eigenvalue weighted by atomic mass is 16.4. The highest BCUT2D eigenvalue weighted by Crippen LogP contribution is 2.48. The van der Waals surface area contributed by atoms with E-state index >= 15 is 0 Å². The molecule has 2 N–H and O–H groups in total. The molecule has 0 aliphatic heterocycles. The van der Waals surface area contributed by atoms with Gasteiger partial charge < -0.3 is 10.4 Å². The number of carbonyl (C=O) groups is 2. The molecule has 2 aliphatic carbocycles. The van der Waals surface area contributed by atoms with Crippen molar-refractivity contribution in [1.29, 1.82) is 0 Å². The molecule has 0 radical (unpaired) electrons. The average Bonchev–Trinajstić information content (AvgIpc) is 3.07. The number of carboxylic acid groups (broad SMARTS) is 1. The van der Waals surface area contributed by atoms with Crippen LogP contribution < -0.4 is 5.32 Å². The predicted octanol–water partition coefficient (Wildman–Crippen LogP) is 2.36. The van der Waals surface area contributed by atoms with Crippen molar-refractivity contribution >= 4 is 11.9 Å². The zero-order chi connectivity index (χ0) is 14.1. The highest BCUT2D eigenvalue weighted by Gasteiger charge is 2.43. The van der Waals surface area contributed by atoms with Gasteiger partial charge in [0.25, 0.3) is 0 Å². The summed E-state index contributed by atoms with van der Waals surface area (Å²) in [5.74, 6) is 0.0569. The van der Waals surface area contributed by atoms with Crippen molar-refractivity contribution in [2.45, 2.75) is 31.7 Å². The summed E-state index contributed by atoms with van der Waals surface area (Å²) in [5, 5.41) is 12.1. The van der Waals surface area contributed by atoms with Crippen LogP contribution in [0.25, 0.3) is 0 Å². The van der Waals surface area contributed by atoms with Gasteiger partial charge in [0, 0.05) is 5.92 Å². The number of hydrogen-bond donors (Lipinski definition) is 2. The molecule has 4 atom stereocenters. The predicted molar refractivity (Wildman–Crippen MR) is 73.9 cm³/mol. The fourth-order valence-electron chi connectivity index (χ4n) is 3.75. The van der Waals surface area contributed by atoms with Gasteiger partial charge in [0.15, 0.2) is 6.04 Å². The molecular weight excluding hydrogens is 254 g/mol. The van der Waals surface area contributed by atoms with Gasteiger partial charge in [0.2, 0.25) is 5.91 Å². The van der Waals surface area contributed by atoms with E-state index in [4.69, 9.17) is 0 Å². The Hall–Kier alpha value is -1.84. The number of amides is 1. The maximum atomic E-state index is 12.3. The molecule has 4 unspecified atom stereocenters. The monoisotopic (exact) mass is 273 g/mol. The van der Waals surface area contributed by atoms with Gasteiger partial charge in [-0.3, -0.25) is 4.79 Å². The van der Waals surface area contributed by atoms with Gasteiger partial charge in [-0.2, -0.15) is 0 Å². The molecule has 1 aromatic carbocycles. The molecular formula is C16H19NO3. The van der Waals surface area contributed by atoms with Crippen LogP contribution in [0.3, 0.4) is 0 Å². The Balaban J connectivity index is 1.71. The number of fused-ring (bicyclic) bond motifs is 2. The van der Waals surface area contributed by atoms with E-state index in [-0.39, 0.29) is 11.8 Å². The van der Waals surface area contributed by atoms with E-state index in [1.54, 1.807) is 24.3 Å². The van der Waals surface area contributed by atoms with E-state index in [0.29, 0.717) is 17.4 Å². The molecule has 0 aromatic heterocycles.